The minimum absolute atomic E-state index is 0.0159. The number of nitrogens with two attached hydrogens (primary N) is 1. The SMILES string of the molecule is CC(C)N1CCN(c2ccc(C(=O)N3C[C@@H](N)[C@H](c4ccccc4)C3)cc2)CC1. The molecule has 0 aromatic heterocycles. The zero-order chi connectivity index (χ0) is 20.4. The van der Waals surface area contributed by atoms with Crippen molar-refractivity contribution in [3.05, 3.63) is 65.7 Å². The molecule has 2 aromatic carbocycles. The molecule has 2 aliphatic rings. The molecule has 5 nitrogen and oxygen atoms in total. The van der Waals surface area contributed by atoms with Crippen molar-refractivity contribution in [2.75, 3.05) is 44.2 Å². The summed E-state index contributed by atoms with van der Waals surface area (Å²) in [7, 11) is 0. The average Bonchev–Trinajstić information content (AvgIpc) is 3.15. The summed E-state index contributed by atoms with van der Waals surface area (Å²) in [5.41, 5.74) is 9.53. The Balaban J connectivity index is 1.39. The molecule has 2 atom stereocenters. The van der Waals surface area contributed by atoms with Gasteiger partial charge in [-0.3, -0.25) is 9.69 Å². The van der Waals surface area contributed by atoms with E-state index in [9.17, 15) is 4.79 Å². The van der Waals surface area contributed by atoms with Gasteiger partial charge in [-0.05, 0) is 43.7 Å². The zero-order valence-electron chi connectivity index (χ0n) is 17.5. The van der Waals surface area contributed by atoms with Crippen LogP contribution >= 0.6 is 0 Å². The van der Waals surface area contributed by atoms with Gasteiger partial charge in [-0.15, -0.1) is 0 Å². The van der Waals surface area contributed by atoms with Crippen molar-refractivity contribution >= 4 is 11.6 Å². The first-order valence-electron chi connectivity index (χ1n) is 10.7. The minimum Gasteiger partial charge on any atom is -0.369 e. The molecule has 2 fully saturated rings. The summed E-state index contributed by atoms with van der Waals surface area (Å²) in [6.45, 7) is 10.0. The molecule has 29 heavy (non-hydrogen) atoms. The number of carbonyl (C=O) groups excluding carboxylic acids is 1. The second-order valence-corrected chi connectivity index (χ2v) is 8.55. The summed E-state index contributed by atoms with van der Waals surface area (Å²) in [6, 6.07) is 19.0. The summed E-state index contributed by atoms with van der Waals surface area (Å²) in [5.74, 6) is 0.284. The molecule has 5 heteroatoms. The lowest BCUT2D eigenvalue weighted by atomic mass is 9.95. The predicted molar refractivity (Wildman–Crippen MR) is 118 cm³/mol. The van der Waals surface area contributed by atoms with Crippen LogP contribution in [0.4, 0.5) is 5.69 Å². The van der Waals surface area contributed by atoms with E-state index in [1.807, 2.05) is 35.2 Å². The van der Waals surface area contributed by atoms with E-state index in [2.05, 4.69) is 47.9 Å². The number of nitrogens with zero attached hydrogens (tertiary/aromatic N) is 3. The maximum Gasteiger partial charge on any atom is 0.253 e. The van der Waals surface area contributed by atoms with Gasteiger partial charge in [0.2, 0.25) is 0 Å². The van der Waals surface area contributed by atoms with E-state index in [4.69, 9.17) is 5.73 Å². The Hall–Kier alpha value is -2.37. The fourth-order valence-corrected chi connectivity index (χ4v) is 4.54. The van der Waals surface area contributed by atoms with Crippen molar-refractivity contribution in [3.63, 3.8) is 0 Å². The first kappa shape index (κ1) is 19.9. The second-order valence-electron chi connectivity index (χ2n) is 8.55. The molecule has 0 spiro atoms. The van der Waals surface area contributed by atoms with Crippen molar-refractivity contribution in [1.82, 2.24) is 9.80 Å². The highest BCUT2D eigenvalue weighted by Gasteiger charge is 2.34. The number of anilines is 1. The van der Waals surface area contributed by atoms with Crippen LogP contribution in [0.1, 0.15) is 35.7 Å². The number of rotatable bonds is 4. The van der Waals surface area contributed by atoms with E-state index >= 15 is 0 Å². The van der Waals surface area contributed by atoms with Gasteiger partial charge in [-0.2, -0.15) is 0 Å². The van der Waals surface area contributed by atoms with Crippen LogP contribution in [0.2, 0.25) is 0 Å². The Bertz CT molecular complexity index is 813. The Morgan fingerprint density at radius 2 is 1.59 bits per heavy atom. The zero-order valence-corrected chi connectivity index (χ0v) is 17.5. The Morgan fingerprint density at radius 3 is 2.21 bits per heavy atom. The van der Waals surface area contributed by atoms with Crippen LogP contribution in [0.25, 0.3) is 0 Å². The molecule has 0 unspecified atom stereocenters. The lowest BCUT2D eigenvalue weighted by Gasteiger charge is -2.38. The van der Waals surface area contributed by atoms with E-state index in [1.165, 1.54) is 11.3 Å². The third-order valence-electron chi connectivity index (χ3n) is 6.40. The van der Waals surface area contributed by atoms with Crippen molar-refractivity contribution in [1.29, 1.82) is 0 Å². The van der Waals surface area contributed by atoms with Gasteiger partial charge in [0.15, 0.2) is 0 Å². The van der Waals surface area contributed by atoms with Crippen LogP contribution in [-0.2, 0) is 0 Å². The normalized spacial score (nSPS) is 23.0. The number of hydrogen-bond donors (Lipinski definition) is 1. The lowest BCUT2D eigenvalue weighted by Crippen LogP contribution is -2.48. The van der Waals surface area contributed by atoms with Gasteiger partial charge >= 0.3 is 0 Å². The van der Waals surface area contributed by atoms with Gasteiger partial charge < -0.3 is 15.5 Å². The number of hydrogen-bond acceptors (Lipinski definition) is 4. The molecule has 0 aliphatic carbocycles. The number of carbonyl (C=O) groups is 1. The predicted octanol–water partition coefficient (Wildman–Crippen LogP) is 2.78. The van der Waals surface area contributed by atoms with Gasteiger partial charge in [0.25, 0.3) is 5.91 Å². The molecule has 2 N–H and O–H groups in total. The molecule has 0 radical (unpaired) electrons. The molecule has 1 amide bonds. The quantitative estimate of drug-likeness (QED) is 0.869. The maximum atomic E-state index is 13.0. The Labute approximate surface area is 174 Å². The summed E-state index contributed by atoms with van der Waals surface area (Å²) < 4.78 is 0. The highest BCUT2D eigenvalue weighted by atomic mass is 16.2. The van der Waals surface area contributed by atoms with E-state index in [-0.39, 0.29) is 17.9 Å². The molecule has 2 saturated heterocycles. The van der Waals surface area contributed by atoms with Gasteiger partial charge in [-0.25, -0.2) is 0 Å². The standard InChI is InChI=1S/C24H32N4O/c1-18(2)26-12-14-27(15-13-26)21-10-8-20(9-11-21)24(29)28-16-22(23(25)17-28)19-6-4-3-5-7-19/h3-11,18,22-23H,12-17,25H2,1-2H3/t22-,23+/m0/s1. The van der Waals surface area contributed by atoms with Crippen molar-refractivity contribution < 1.29 is 4.79 Å². The number of piperazine rings is 1. The molecular formula is C24H32N4O. The van der Waals surface area contributed by atoms with Crippen LogP contribution < -0.4 is 10.6 Å². The van der Waals surface area contributed by atoms with Crippen LogP contribution in [0.3, 0.4) is 0 Å². The van der Waals surface area contributed by atoms with E-state index in [1.54, 1.807) is 0 Å². The topological polar surface area (TPSA) is 52.8 Å². The molecule has 2 aromatic rings. The smallest absolute Gasteiger partial charge is 0.253 e. The molecule has 2 aliphatic heterocycles. The highest BCUT2D eigenvalue weighted by molar-refractivity contribution is 5.95. The van der Waals surface area contributed by atoms with Crippen LogP contribution in [0.15, 0.2) is 54.6 Å². The van der Waals surface area contributed by atoms with Crippen molar-refractivity contribution in [2.24, 2.45) is 5.73 Å². The summed E-state index contributed by atoms with van der Waals surface area (Å²) in [6.07, 6.45) is 0. The summed E-state index contributed by atoms with van der Waals surface area (Å²) >= 11 is 0. The third-order valence-corrected chi connectivity index (χ3v) is 6.40. The molecule has 0 bridgehead atoms. The highest BCUT2D eigenvalue weighted by Crippen LogP contribution is 2.28. The Morgan fingerprint density at radius 1 is 0.931 bits per heavy atom. The molecule has 2 heterocycles. The maximum absolute atomic E-state index is 13.0. The third kappa shape index (κ3) is 4.31. The minimum atomic E-state index is -0.0159. The Kier molecular flexibility index (Phi) is 5.88. The fraction of sp³-hybridized carbons (Fsp3) is 0.458. The van der Waals surface area contributed by atoms with E-state index in [0.29, 0.717) is 19.1 Å². The van der Waals surface area contributed by atoms with Gasteiger partial charge in [-0.1, -0.05) is 30.3 Å². The van der Waals surface area contributed by atoms with Gasteiger partial charge in [0, 0.05) is 68.5 Å². The first-order valence-corrected chi connectivity index (χ1v) is 10.7. The monoisotopic (exact) mass is 392 g/mol. The van der Waals surface area contributed by atoms with E-state index in [0.717, 1.165) is 31.7 Å². The number of benzene rings is 2. The van der Waals surface area contributed by atoms with Gasteiger partial charge in [0.1, 0.15) is 0 Å². The van der Waals surface area contributed by atoms with Crippen LogP contribution in [-0.4, -0.2) is 67.1 Å². The van der Waals surface area contributed by atoms with Crippen molar-refractivity contribution in [2.45, 2.75) is 31.8 Å². The molecule has 0 saturated carbocycles. The molecular weight excluding hydrogens is 360 g/mol. The lowest BCUT2D eigenvalue weighted by molar-refractivity contribution is 0.0789. The average molecular weight is 393 g/mol. The van der Waals surface area contributed by atoms with Gasteiger partial charge in [0.05, 0.1) is 0 Å². The van der Waals surface area contributed by atoms with Crippen LogP contribution in [0, 0.1) is 0 Å². The molecule has 154 valence electrons. The van der Waals surface area contributed by atoms with Crippen molar-refractivity contribution in [3.8, 4) is 0 Å². The largest absolute Gasteiger partial charge is 0.369 e. The summed E-state index contributed by atoms with van der Waals surface area (Å²) in [5, 5.41) is 0. The van der Waals surface area contributed by atoms with Crippen LogP contribution in [0.5, 0.6) is 0 Å². The number of amides is 1. The fourth-order valence-electron chi connectivity index (χ4n) is 4.54. The van der Waals surface area contributed by atoms with E-state index < -0.39 is 0 Å². The number of likely N-dealkylation sites (tertiary alicyclic amines) is 1. The molecule has 4 rings (SSSR count). The first-order chi connectivity index (χ1) is 14.0. The summed E-state index contributed by atoms with van der Waals surface area (Å²) in [4.78, 5) is 19.8. The second kappa shape index (κ2) is 8.56.